The van der Waals surface area contributed by atoms with Gasteiger partial charge in [-0.1, -0.05) is 48.1 Å². The van der Waals surface area contributed by atoms with Gasteiger partial charge in [0.15, 0.2) is 0 Å². The third kappa shape index (κ3) is 40.9. The first kappa shape index (κ1) is 58.4. The molecule has 322 valence electrons. The van der Waals surface area contributed by atoms with E-state index in [1.165, 1.54) is 0 Å². The van der Waals surface area contributed by atoms with Gasteiger partial charge in [0.25, 0.3) is 8.53 Å². The van der Waals surface area contributed by atoms with E-state index >= 15 is 0 Å². The first-order valence-electron chi connectivity index (χ1n) is 18.4. The molecule has 0 aromatic rings. The SMILES string of the molecule is C=C(C)NCCCOCC(COCCCNC=O)(COCCCNC(=O)C(F)(F)F)COP(OCCC#N)N(CCC)CCC.CC.CC.CC(F)(F)F. The lowest BCUT2D eigenvalue weighted by Crippen LogP contribution is -2.42. The maximum absolute atomic E-state index is 12.5. The van der Waals surface area contributed by atoms with Crippen molar-refractivity contribution in [2.24, 2.45) is 5.41 Å². The summed E-state index contributed by atoms with van der Waals surface area (Å²) in [6.45, 7) is 22.1. The second kappa shape index (κ2) is 39.0. The zero-order chi connectivity index (χ0) is 42.3. The van der Waals surface area contributed by atoms with E-state index in [4.69, 9.17) is 28.5 Å². The Morgan fingerprint density at radius 2 is 1.24 bits per heavy atom. The summed E-state index contributed by atoms with van der Waals surface area (Å²) in [5, 5.41) is 16.6. The molecule has 0 saturated heterocycles. The minimum atomic E-state index is -4.94. The van der Waals surface area contributed by atoms with Crippen molar-refractivity contribution in [3.05, 3.63) is 12.3 Å². The van der Waals surface area contributed by atoms with Crippen molar-refractivity contribution in [1.82, 2.24) is 20.6 Å². The number of nitrogens with one attached hydrogen (secondary N) is 3. The van der Waals surface area contributed by atoms with Crippen molar-refractivity contribution in [2.45, 2.75) is 106 Å². The Hall–Kier alpha value is -2.26. The molecule has 0 spiro atoms. The van der Waals surface area contributed by atoms with Crippen molar-refractivity contribution in [3.63, 3.8) is 0 Å². The van der Waals surface area contributed by atoms with Gasteiger partial charge in [0.2, 0.25) is 6.41 Å². The summed E-state index contributed by atoms with van der Waals surface area (Å²) < 4.78 is 101. The van der Waals surface area contributed by atoms with Gasteiger partial charge in [-0.2, -0.15) is 31.6 Å². The van der Waals surface area contributed by atoms with Gasteiger partial charge in [-0.05, 0) is 39.0 Å². The fourth-order valence-electron chi connectivity index (χ4n) is 3.76. The van der Waals surface area contributed by atoms with Crippen LogP contribution in [0.3, 0.4) is 0 Å². The van der Waals surface area contributed by atoms with E-state index in [1.54, 1.807) is 0 Å². The summed E-state index contributed by atoms with van der Waals surface area (Å²) in [5.74, 6) is -1.99. The molecule has 2 amide bonds. The van der Waals surface area contributed by atoms with Crippen LogP contribution >= 0.6 is 8.53 Å². The van der Waals surface area contributed by atoms with E-state index in [1.807, 2.05) is 39.9 Å². The van der Waals surface area contributed by atoms with Crippen molar-refractivity contribution in [1.29, 1.82) is 5.26 Å². The predicted octanol–water partition coefficient (Wildman–Crippen LogP) is 7.66. The lowest BCUT2D eigenvalue weighted by Gasteiger charge is -2.36. The van der Waals surface area contributed by atoms with Crippen LogP contribution in [0.4, 0.5) is 26.3 Å². The lowest BCUT2D eigenvalue weighted by atomic mass is 9.92. The van der Waals surface area contributed by atoms with E-state index in [0.29, 0.717) is 45.6 Å². The number of hydrogen-bond donors (Lipinski definition) is 3. The highest BCUT2D eigenvalue weighted by atomic mass is 31.2. The zero-order valence-corrected chi connectivity index (χ0v) is 34.6. The molecular formula is C35H68F6N5O7P. The highest BCUT2D eigenvalue weighted by Crippen LogP contribution is 2.44. The second-order valence-corrected chi connectivity index (χ2v) is 12.8. The highest BCUT2D eigenvalue weighted by Gasteiger charge is 2.38. The molecule has 0 radical (unpaired) electrons. The molecule has 0 aliphatic carbocycles. The van der Waals surface area contributed by atoms with Gasteiger partial charge in [-0.25, -0.2) is 4.67 Å². The number of carbonyl (C=O) groups is 2. The summed E-state index contributed by atoms with van der Waals surface area (Å²) in [7, 11) is -1.52. The maximum Gasteiger partial charge on any atom is 0.471 e. The molecule has 0 aliphatic rings. The van der Waals surface area contributed by atoms with Gasteiger partial charge < -0.3 is 39.2 Å². The van der Waals surface area contributed by atoms with Gasteiger partial charge >= 0.3 is 18.3 Å². The Balaban J connectivity index is -0.00000125. The predicted molar refractivity (Wildman–Crippen MR) is 200 cm³/mol. The summed E-state index contributed by atoms with van der Waals surface area (Å²) in [5.41, 5.74) is 0.0294. The third-order valence-electron chi connectivity index (χ3n) is 5.91. The van der Waals surface area contributed by atoms with Gasteiger partial charge in [0, 0.05) is 65.2 Å². The van der Waals surface area contributed by atoms with Gasteiger partial charge in [-0.3, -0.25) is 9.59 Å². The minimum Gasteiger partial charge on any atom is -0.389 e. The number of halogens is 6. The van der Waals surface area contributed by atoms with Crippen LogP contribution in [0.2, 0.25) is 0 Å². The number of nitriles is 1. The quantitative estimate of drug-likeness (QED) is 0.0276. The maximum atomic E-state index is 12.5. The molecule has 3 N–H and O–H groups in total. The Labute approximate surface area is 321 Å². The van der Waals surface area contributed by atoms with Gasteiger partial charge in [0.05, 0.1) is 50.9 Å². The average molecular weight is 816 g/mol. The van der Waals surface area contributed by atoms with Gasteiger partial charge in [-0.15, -0.1) is 0 Å². The molecule has 2 unspecified atom stereocenters. The molecule has 0 saturated carbocycles. The summed E-state index contributed by atoms with van der Waals surface area (Å²) in [4.78, 5) is 21.7. The molecular weight excluding hydrogens is 747 g/mol. The Morgan fingerprint density at radius 3 is 1.63 bits per heavy atom. The molecule has 0 fully saturated rings. The number of nitrogens with zero attached hydrogens (tertiary/aromatic N) is 2. The monoisotopic (exact) mass is 815 g/mol. The number of allylic oxidation sites excluding steroid dienone is 1. The average Bonchev–Trinajstić information content (AvgIpc) is 3.11. The zero-order valence-electron chi connectivity index (χ0n) is 33.7. The molecule has 0 bridgehead atoms. The summed E-state index contributed by atoms with van der Waals surface area (Å²) in [6.07, 6.45) is -4.90. The van der Waals surface area contributed by atoms with E-state index < -0.39 is 32.2 Å². The molecule has 0 aromatic carbocycles. The lowest BCUT2D eigenvalue weighted by molar-refractivity contribution is -0.173. The Bertz CT molecular complexity index is 922. The number of ether oxygens (including phenoxy) is 3. The van der Waals surface area contributed by atoms with Crippen molar-refractivity contribution < 1.29 is 59.2 Å². The second-order valence-electron chi connectivity index (χ2n) is 11.2. The fraction of sp³-hybridized carbons (Fsp3) is 0.857. The summed E-state index contributed by atoms with van der Waals surface area (Å²) in [6, 6.07) is 2.08. The number of carbonyl (C=O) groups excluding carboxylic acids is 2. The molecule has 54 heavy (non-hydrogen) atoms. The molecule has 0 heterocycles. The molecule has 12 nitrogen and oxygen atoms in total. The van der Waals surface area contributed by atoms with Crippen molar-refractivity contribution in [3.8, 4) is 6.07 Å². The standard InChI is InChI=1S/C29H53F3N5O7P.C2H3F3.2C2H6/c1-5-15-37(16-6-2)45(43-20-7-11-33)44-24-28(21-40-17-8-12-34-25-38,22-41-18-9-13-35-26(3)4)23-42-19-10-14-36-27(39)29(30,31)32;1-2(3,4)5;2*1-2/h25,35H,3,5-10,12-24H2,1-2,4H3,(H,34,38)(H,36,39);1H3;2*1-2H3. The van der Waals surface area contributed by atoms with Crippen LogP contribution in [-0.2, 0) is 32.8 Å². The number of amides is 2. The Morgan fingerprint density at radius 1 is 0.796 bits per heavy atom. The molecule has 2 atom stereocenters. The van der Waals surface area contributed by atoms with E-state index in [2.05, 4.69) is 41.8 Å². The largest absolute Gasteiger partial charge is 0.471 e. The van der Waals surface area contributed by atoms with Crippen LogP contribution in [0.1, 0.15) is 93.9 Å². The van der Waals surface area contributed by atoms with E-state index in [-0.39, 0.29) is 66.0 Å². The van der Waals surface area contributed by atoms with E-state index in [0.717, 1.165) is 31.6 Å². The number of hydrogen-bond acceptors (Lipinski definition) is 10. The van der Waals surface area contributed by atoms with Crippen LogP contribution in [0, 0.1) is 16.7 Å². The third-order valence-corrected chi connectivity index (χ3v) is 7.53. The first-order chi connectivity index (χ1) is 25.5. The fourth-order valence-corrected chi connectivity index (χ4v) is 5.52. The van der Waals surface area contributed by atoms with Gasteiger partial charge in [0.1, 0.15) is 0 Å². The molecule has 0 rings (SSSR count). The van der Waals surface area contributed by atoms with Crippen LogP contribution < -0.4 is 16.0 Å². The van der Waals surface area contributed by atoms with Crippen molar-refractivity contribution in [2.75, 3.05) is 85.6 Å². The highest BCUT2D eigenvalue weighted by molar-refractivity contribution is 7.44. The topological polar surface area (TPSA) is 143 Å². The summed E-state index contributed by atoms with van der Waals surface area (Å²) >= 11 is 0. The molecule has 0 aliphatic heterocycles. The molecule has 19 heteroatoms. The normalized spacial score (nSPS) is 12.6. The minimum absolute atomic E-state index is 0.0803. The smallest absolute Gasteiger partial charge is 0.389 e. The number of alkyl halides is 6. The number of rotatable bonds is 31. The van der Waals surface area contributed by atoms with Crippen LogP contribution in [-0.4, -0.2) is 115 Å². The van der Waals surface area contributed by atoms with Crippen LogP contribution in [0.5, 0.6) is 0 Å². The van der Waals surface area contributed by atoms with E-state index in [9.17, 15) is 35.9 Å². The van der Waals surface area contributed by atoms with Crippen LogP contribution in [0.25, 0.3) is 0 Å². The first-order valence-corrected chi connectivity index (χ1v) is 19.6. The molecule has 0 aromatic heterocycles. The van der Waals surface area contributed by atoms with Crippen molar-refractivity contribution >= 4 is 20.8 Å². The van der Waals surface area contributed by atoms with Crippen LogP contribution in [0.15, 0.2) is 12.3 Å². The Kier molecular flexibility index (Phi) is 42.2.